The van der Waals surface area contributed by atoms with Crippen molar-refractivity contribution in [2.75, 3.05) is 11.9 Å². The molecule has 2 aromatic heterocycles. The summed E-state index contributed by atoms with van der Waals surface area (Å²) in [7, 11) is 0. The van der Waals surface area contributed by atoms with Crippen molar-refractivity contribution in [3.63, 3.8) is 0 Å². The Labute approximate surface area is 114 Å². The lowest BCUT2D eigenvalue weighted by molar-refractivity contribution is 0.102. The van der Waals surface area contributed by atoms with Crippen LogP contribution >= 0.6 is 0 Å². The van der Waals surface area contributed by atoms with Crippen molar-refractivity contribution in [2.45, 2.75) is 0 Å². The summed E-state index contributed by atoms with van der Waals surface area (Å²) >= 11 is 0. The summed E-state index contributed by atoms with van der Waals surface area (Å²) in [5.74, 6) is 5.37. The molecule has 0 unspecified atom stereocenters. The van der Waals surface area contributed by atoms with Crippen molar-refractivity contribution in [1.82, 2.24) is 4.98 Å². The van der Waals surface area contributed by atoms with Gasteiger partial charge in [0.05, 0.1) is 12.1 Å². The maximum atomic E-state index is 11.9. The fourth-order valence-corrected chi connectivity index (χ4v) is 1.39. The van der Waals surface area contributed by atoms with Crippen molar-refractivity contribution in [1.29, 1.82) is 0 Å². The van der Waals surface area contributed by atoms with Crippen LogP contribution in [0.5, 0.6) is 0 Å². The molecule has 0 fully saturated rings. The van der Waals surface area contributed by atoms with Gasteiger partial charge < -0.3 is 15.5 Å². The minimum Gasteiger partial charge on any atom is -0.430 e. The van der Waals surface area contributed by atoms with Gasteiger partial charge in [0.2, 0.25) is 0 Å². The fourth-order valence-electron chi connectivity index (χ4n) is 1.39. The van der Waals surface area contributed by atoms with E-state index in [1.165, 1.54) is 12.1 Å². The Kier molecular flexibility index (Phi) is 4.27. The lowest BCUT2D eigenvalue weighted by Gasteiger charge is -2.03. The molecule has 6 nitrogen and oxygen atoms in total. The maximum absolute atomic E-state index is 11.9. The van der Waals surface area contributed by atoms with Crippen molar-refractivity contribution in [2.24, 2.45) is 5.73 Å². The molecule has 0 aliphatic carbocycles. The number of nitrogens with one attached hydrogen (secondary N) is 1. The van der Waals surface area contributed by atoms with Crippen molar-refractivity contribution < 1.29 is 9.21 Å². The fraction of sp³-hybridized carbons (Fsp3) is 0.0714. The maximum Gasteiger partial charge on any atom is 0.335 e. The average molecular weight is 269 g/mol. The van der Waals surface area contributed by atoms with Gasteiger partial charge in [-0.1, -0.05) is 12.0 Å². The van der Waals surface area contributed by atoms with Crippen LogP contribution in [0.25, 0.3) is 0 Å². The largest absolute Gasteiger partial charge is 0.430 e. The van der Waals surface area contributed by atoms with Crippen molar-refractivity contribution >= 4 is 11.7 Å². The topological polar surface area (TPSA) is 98.2 Å². The Morgan fingerprint density at radius 2 is 2.20 bits per heavy atom. The van der Waals surface area contributed by atoms with Crippen LogP contribution in [0.15, 0.2) is 45.8 Å². The van der Waals surface area contributed by atoms with Gasteiger partial charge in [-0.2, -0.15) is 0 Å². The molecule has 0 aliphatic rings. The second-order valence-electron chi connectivity index (χ2n) is 3.71. The van der Waals surface area contributed by atoms with Gasteiger partial charge in [0.15, 0.2) is 0 Å². The lowest BCUT2D eigenvalue weighted by Crippen LogP contribution is -2.14. The second-order valence-corrected chi connectivity index (χ2v) is 3.71. The quantitative estimate of drug-likeness (QED) is 0.778. The molecular formula is C14H11N3O3. The number of pyridine rings is 1. The van der Waals surface area contributed by atoms with E-state index in [1.807, 2.05) is 0 Å². The summed E-state index contributed by atoms with van der Waals surface area (Å²) < 4.78 is 4.62. The predicted octanol–water partition coefficient (Wildman–Crippen LogP) is 0.597. The highest BCUT2D eigenvalue weighted by molar-refractivity contribution is 6.03. The van der Waals surface area contributed by atoms with E-state index in [-0.39, 0.29) is 12.1 Å². The Bertz CT molecular complexity index is 721. The van der Waals surface area contributed by atoms with Crippen molar-refractivity contribution in [3.8, 4) is 11.8 Å². The molecule has 0 atom stereocenters. The van der Waals surface area contributed by atoms with Gasteiger partial charge in [-0.3, -0.25) is 4.79 Å². The summed E-state index contributed by atoms with van der Waals surface area (Å²) in [6.45, 7) is 0.237. The number of rotatable bonds is 2. The van der Waals surface area contributed by atoms with Gasteiger partial charge >= 0.3 is 5.63 Å². The first kappa shape index (κ1) is 13.5. The summed E-state index contributed by atoms with van der Waals surface area (Å²) in [5.41, 5.74) is 5.50. The Morgan fingerprint density at radius 1 is 1.35 bits per heavy atom. The molecule has 2 rings (SSSR count). The molecule has 0 bridgehead atoms. The van der Waals surface area contributed by atoms with E-state index >= 15 is 0 Å². The predicted molar refractivity (Wildman–Crippen MR) is 73.1 cm³/mol. The zero-order valence-electron chi connectivity index (χ0n) is 10.4. The number of aromatic nitrogens is 1. The third kappa shape index (κ3) is 3.54. The van der Waals surface area contributed by atoms with Crippen LogP contribution in [0.4, 0.5) is 5.82 Å². The Morgan fingerprint density at radius 3 is 2.90 bits per heavy atom. The van der Waals surface area contributed by atoms with E-state index in [9.17, 15) is 9.59 Å². The molecular weight excluding hydrogens is 258 g/mol. The molecule has 0 radical (unpaired) electrons. The average Bonchev–Trinajstić information content (AvgIpc) is 2.46. The summed E-state index contributed by atoms with van der Waals surface area (Å²) in [4.78, 5) is 26.8. The highest BCUT2D eigenvalue weighted by Crippen LogP contribution is 2.06. The van der Waals surface area contributed by atoms with Crippen LogP contribution in [0.1, 0.15) is 16.1 Å². The van der Waals surface area contributed by atoms with Crippen molar-refractivity contribution in [3.05, 3.63) is 58.3 Å². The Hall–Kier alpha value is -2.91. The minimum absolute atomic E-state index is 0.227. The van der Waals surface area contributed by atoms with Gasteiger partial charge in [-0.05, 0) is 24.1 Å². The first-order chi connectivity index (χ1) is 9.69. The zero-order valence-corrected chi connectivity index (χ0v) is 10.4. The number of anilines is 1. The van der Waals surface area contributed by atoms with E-state index in [2.05, 4.69) is 26.6 Å². The van der Waals surface area contributed by atoms with E-state index in [4.69, 9.17) is 5.73 Å². The van der Waals surface area contributed by atoms with Crippen LogP contribution in [-0.4, -0.2) is 17.4 Å². The molecule has 0 spiro atoms. The van der Waals surface area contributed by atoms with Gasteiger partial charge in [0.1, 0.15) is 17.8 Å². The van der Waals surface area contributed by atoms with E-state index < -0.39 is 11.5 Å². The molecule has 100 valence electrons. The number of carbonyl (C=O) groups excluding carboxylic acids is 1. The highest BCUT2D eigenvalue weighted by atomic mass is 16.4. The number of hydrogen-bond acceptors (Lipinski definition) is 5. The molecule has 2 aromatic rings. The molecule has 20 heavy (non-hydrogen) atoms. The van der Waals surface area contributed by atoms with Crippen LogP contribution in [0, 0.1) is 11.8 Å². The highest BCUT2D eigenvalue weighted by Gasteiger charge is 2.07. The smallest absolute Gasteiger partial charge is 0.335 e. The van der Waals surface area contributed by atoms with Crippen LogP contribution in [-0.2, 0) is 0 Å². The normalized spacial score (nSPS) is 9.45. The van der Waals surface area contributed by atoms with Crippen LogP contribution in [0.3, 0.4) is 0 Å². The molecule has 1 amide bonds. The number of hydrogen-bond donors (Lipinski definition) is 2. The number of nitrogens with two attached hydrogens (primary N) is 1. The number of nitrogens with zero attached hydrogens (tertiary/aromatic N) is 1. The monoisotopic (exact) mass is 269 g/mol. The van der Waals surface area contributed by atoms with Gasteiger partial charge in [0.25, 0.3) is 5.91 Å². The standard InChI is InChI=1S/C14H11N3O3/c15-8-2-4-11-3-1-5-12(16-11)17-14(19)10-6-7-13(18)20-9-10/h1,3,5-7,9H,8,15H2,(H,16,17,19). The summed E-state index contributed by atoms with van der Waals surface area (Å²) in [5, 5.41) is 2.58. The van der Waals surface area contributed by atoms with E-state index in [0.717, 1.165) is 6.26 Å². The van der Waals surface area contributed by atoms with E-state index in [1.54, 1.807) is 18.2 Å². The minimum atomic E-state index is -0.515. The second kappa shape index (κ2) is 6.31. The first-order valence-electron chi connectivity index (χ1n) is 5.75. The molecule has 0 saturated carbocycles. The molecule has 0 aromatic carbocycles. The Balaban J connectivity index is 2.15. The number of carbonyl (C=O) groups is 1. The van der Waals surface area contributed by atoms with E-state index in [0.29, 0.717) is 11.5 Å². The lowest BCUT2D eigenvalue weighted by atomic mass is 10.3. The van der Waals surface area contributed by atoms with Crippen LogP contribution in [0.2, 0.25) is 0 Å². The molecule has 6 heteroatoms. The molecule has 2 heterocycles. The molecule has 0 aliphatic heterocycles. The third-order valence-corrected chi connectivity index (χ3v) is 2.27. The van der Waals surface area contributed by atoms with Crippen LogP contribution < -0.4 is 16.7 Å². The van der Waals surface area contributed by atoms with Gasteiger partial charge in [-0.25, -0.2) is 9.78 Å². The number of amides is 1. The molecule has 3 N–H and O–H groups in total. The first-order valence-corrected chi connectivity index (χ1v) is 5.75. The summed E-state index contributed by atoms with van der Waals surface area (Å²) in [6, 6.07) is 7.60. The van der Waals surface area contributed by atoms with Gasteiger partial charge in [0, 0.05) is 6.07 Å². The molecule has 0 saturated heterocycles. The van der Waals surface area contributed by atoms with Gasteiger partial charge in [-0.15, -0.1) is 0 Å². The summed E-state index contributed by atoms with van der Waals surface area (Å²) in [6.07, 6.45) is 1.09. The zero-order chi connectivity index (χ0) is 14.4. The SMILES string of the molecule is NCC#Cc1cccc(NC(=O)c2ccc(=O)oc2)n1. The third-order valence-electron chi connectivity index (χ3n) is 2.27.